The van der Waals surface area contributed by atoms with Crippen LogP contribution in [-0.2, 0) is 0 Å². The van der Waals surface area contributed by atoms with Crippen molar-refractivity contribution >= 4 is 114 Å². The van der Waals surface area contributed by atoms with Crippen LogP contribution in [0.3, 0.4) is 0 Å². The molecule has 12 rings (SSSR count). The second-order valence-electron chi connectivity index (χ2n) is 13.3. The van der Waals surface area contributed by atoms with Crippen LogP contribution in [0.1, 0.15) is 0 Å². The van der Waals surface area contributed by atoms with Crippen molar-refractivity contribution in [3.05, 3.63) is 146 Å². The van der Waals surface area contributed by atoms with E-state index in [1.54, 1.807) is 0 Å². The fourth-order valence-electron chi connectivity index (χ4n) is 9.23. The lowest BCUT2D eigenvalue weighted by Crippen LogP contribution is -2.68. The maximum absolute atomic E-state index is 6.71. The molecule has 0 radical (unpaired) electrons. The van der Waals surface area contributed by atoms with Gasteiger partial charge in [-0.25, -0.2) is 0 Å². The first-order valence-electron chi connectivity index (χ1n) is 16.7. The number of furan rings is 1. The molecule has 4 aliphatic heterocycles. The summed E-state index contributed by atoms with van der Waals surface area (Å²) in [6.07, 6.45) is 0. The molecule has 1 N–H and O–H groups in total. The Morgan fingerprint density at radius 2 is 1.00 bits per heavy atom. The summed E-state index contributed by atoms with van der Waals surface area (Å²) in [4.78, 5) is 5.02. The van der Waals surface area contributed by atoms with Crippen molar-refractivity contribution < 1.29 is 4.42 Å². The number of fused-ring (bicyclic) bond motifs is 13. The predicted octanol–water partition coefficient (Wildman–Crippen LogP) is 6.56. The molecule has 48 heavy (non-hydrogen) atoms. The Morgan fingerprint density at radius 3 is 1.75 bits per heavy atom. The van der Waals surface area contributed by atoms with Crippen LogP contribution in [0.5, 0.6) is 0 Å². The number of nitrogens with one attached hydrogen (secondary N) is 1. The number of para-hydroxylation sites is 6. The summed E-state index contributed by atoms with van der Waals surface area (Å²) in [6, 6.07) is 53.2. The third-order valence-electron chi connectivity index (χ3n) is 11.0. The molecule has 0 fully saturated rings. The van der Waals surface area contributed by atoms with Crippen LogP contribution < -0.4 is 47.9 Å². The SMILES string of the molecule is c1ccc2c(c1)Nc1cc3c4c5c1B2c1ccccc1N5c1ccccc1B4c1ccccc1N3c1cccc2c1oc1ccccc12. The number of rotatable bonds is 1. The first kappa shape index (κ1) is 25.0. The molecule has 0 saturated carbocycles. The molecular weight excluding hydrogens is 584 g/mol. The van der Waals surface area contributed by atoms with Gasteiger partial charge in [0.25, 0.3) is 13.4 Å². The fraction of sp³-hybridized carbons (Fsp3) is 0. The topological polar surface area (TPSA) is 31.6 Å². The van der Waals surface area contributed by atoms with Crippen LogP contribution in [0.2, 0.25) is 0 Å². The Balaban J connectivity index is 1.25. The third kappa shape index (κ3) is 2.95. The molecule has 7 aromatic carbocycles. The largest absolute Gasteiger partial charge is 0.454 e. The van der Waals surface area contributed by atoms with Crippen molar-refractivity contribution in [2.24, 2.45) is 0 Å². The predicted molar refractivity (Wildman–Crippen MR) is 202 cm³/mol. The normalized spacial score (nSPS) is 14.2. The van der Waals surface area contributed by atoms with Crippen molar-refractivity contribution in [2.75, 3.05) is 15.1 Å². The first-order valence-corrected chi connectivity index (χ1v) is 16.7. The van der Waals surface area contributed by atoms with Gasteiger partial charge in [-0.3, -0.25) is 0 Å². The molecule has 0 aliphatic carbocycles. The average Bonchev–Trinajstić information content (AvgIpc) is 3.53. The van der Waals surface area contributed by atoms with Gasteiger partial charge in [0.1, 0.15) is 5.58 Å². The van der Waals surface area contributed by atoms with Crippen LogP contribution in [-0.4, -0.2) is 13.4 Å². The van der Waals surface area contributed by atoms with Crippen LogP contribution in [0.25, 0.3) is 21.9 Å². The van der Waals surface area contributed by atoms with Crippen LogP contribution >= 0.6 is 0 Å². The molecule has 4 nitrogen and oxygen atoms in total. The molecule has 4 aliphatic rings. The van der Waals surface area contributed by atoms with Crippen molar-refractivity contribution in [3.63, 3.8) is 0 Å². The summed E-state index contributed by atoms with van der Waals surface area (Å²) in [5.41, 5.74) is 19.4. The quantitative estimate of drug-likeness (QED) is 0.214. The maximum Gasteiger partial charge on any atom is 0.252 e. The van der Waals surface area contributed by atoms with Gasteiger partial charge in [-0.1, -0.05) is 103 Å². The van der Waals surface area contributed by atoms with E-state index in [0.717, 1.165) is 33.3 Å². The molecule has 8 aromatic rings. The lowest BCUT2D eigenvalue weighted by atomic mass is 9.29. The Bertz CT molecular complexity index is 2700. The molecule has 0 atom stereocenters. The zero-order valence-corrected chi connectivity index (χ0v) is 25.8. The van der Waals surface area contributed by atoms with Gasteiger partial charge in [0.15, 0.2) is 5.58 Å². The summed E-state index contributed by atoms with van der Waals surface area (Å²) < 4.78 is 6.71. The molecule has 0 bridgehead atoms. The van der Waals surface area contributed by atoms with E-state index in [9.17, 15) is 0 Å². The number of nitrogens with zero attached hydrogens (tertiary/aromatic N) is 2. The summed E-state index contributed by atoms with van der Waals surface area (Å²) in [7, 11) is 0. The number of hydrogen-bond acceptors (Lipinski definition) is 4. The number of benzene rings is 7. The molecule has 0 saturated heterocycles. The maximum atomic E-state index is 6.71. The summed E-state index contributed by atoms with van der Waals surface area (Å²) in [5.74, 6) is 0. The minimum Gasteiger partial charge on any atom is -0.454 e. The van der Waals surface area contributed by atoms with Gasteiger partial charge >= 0.3 is 0 Å². The molecule has 1 aromatic heterocycles. The lowest BCUT2D eigenvalue weighted by Gasteiger charge is -2.49. The Labute approximate surface area is 278 Å². The number of hydrogen-bond donors (Lipinski definition) is 1. The Morgan fingerprint density at radius 1 is 0.438 bits per heavy atom. The molecule has 0 spiro atoms. The van der Waals surface area contributed by atoms with Crippen molar-refractivity contribution in [3.8, 4) is 0 Å². The average molecular weight is 609 g/mol. The van der Waals surface area contributed by atoms with Crippen molar-refractivity contribution in [2.45, 2.75) is 0 Å². The van der Waals surface area contributed by atoms with E-state index in [4.69, 9.17) is 4.42 Å². The smallest absolute Gasteiger partial charge is 0.252 e. The van der Waals surface area contributed by atoms with E-state index in [-0.39, 0.29) is 13.4 Å². The van der Waals surface area contributed by atoms with Gasteiger partial charge < -0.3 is 19.5 Å². The zero-order valence-electron chi connectivity index (χ0n) is 25.8. The van der Waals surface area contributed by atoms with Gasteiger partial charge in [-0.15, -0.1) is 0 Å². The van der Waals surface area contributed by atoms with Gasteiger partial charge in [0.2, 0.25) is 0 Å². The van der Waals surface area contributed by atoms with E-state index in [0.29, 0.717) is 0 Å². The molecule has 0 unspecified atom stereocenters. The Kier molecular flexibility index (Phi) is 4.59. The zero-order chi connectivity index (χ0) is 31.1. The Hall–Kier alpha value is -6.13. The van der Waals surface area contributed by atoms with Gasteiger partial charge in [-0.2, -0.15) is 0 Å². The highest BCUT2D eigenvalue weighted by atomic mass is 16.3. The first-order chi connectivity index (χ1) is 23.8. The van der Waals surface area contributed by atoms with E-state index < -0.39 is 0 Å². The molecular formula is C42H25B2N3O. The summed E-state index contributed by atoms with van der Waals surface area (Å²) >= 11 is 0. The second-order valence-corrected chi connectivity index (χ2v) is 13.3. The fourth-order valence-corrected chi connectivity index (χ4v) is 9.23. The van der Waals surface area contributed by atoms with Gasteiger partial charge in [0, 0.05) is 50.6 Å². The van der Waals surface area contributed by atoms with Crippen LogP contribution in [0.4, 0.5) is 45.5 Å². The standard InChI is InChI=1S/C42H25B2N3O/c1-10-23-38-25(12-1)26-13-11-22-36(42(26)48-38)46-33-19-7-3-15-28(33)44-30-17-5-9-21-35(30)47-34-20-8-4-16-29(34)43-27-14-2-6-18-31(27)45-32-24-37(46)40(44)41(47)39(32)43/h1-24,45H. The van der Waals surface area contributed by atoms with Crippen molar-refractivity contribution in [1.82, 2.24) is 0 Å². The van der Waals surface area contributed by atoms with Gasteiger partial charge in [-0.05, 0) is 75.2 Å². The van der Waals surface area contributed by atoms with E-state index in [2.05, 4.69) is 155 Å². The highest BCUT2D eigenvalue weighted by Crippen LogP contribution is 2.48. The summed E-state index contributed by atoms with van der Waals surface area (Å²) in [6.45, 7) is 0.207. The lowest BCUT2D eigenvalue weighted by molar-refractivity contribution is 0.669. The van der Waals surface area contributed by atoms with E-state index in [1.807, 2.05) is 6.07 Å². The van der Waals surface area contributed by atoms with Crippen LogP contribution in [0, 0.1) is 0 Å². The monoisotopic (exact) mass is 609 g/mol. The summed E-state index contributed by atoms with van der Waals surface area (Å²) in [5, 5.41) is 6.19. The second kappa shape index (κ2) is 8.81. The molecule has 6 heteroatoms. The van der Waals surface area contributed by atoms with Crippen LogP contribution in [0.15, 0.2) is 150 Å². The minimum atomic E-state index is 0.0816. The third-order valence-corrected chi connectivity index (χ3v) is 11.0. The number of anilines is 8. The minimum absolute atomic E-state index is 0.0816. The van der Waals surface area contributed by atoms with E-state index >= 15 is 0 Å². The van der Waals surface area contributed by atoms with Gasteiger partial charge in [0.05, 0.1) is 5.69 Å². The molecule has 5 heterocycles. The molecule has 220 valence electrons. The highest BCUT2D eigenvalue weighted by Gasteiger charge is 2.50. The van der Waals surface area contributed by atoms with Crippen molar-refractivity contribution in [1.29, 1.82) is 0 Å². The van der Waals surface area contributed by atoms with E-state index in [1.165, 1.54) is 66.9 Å². The highest BCUT2D eigenvalue weighted by molar-refractivity contribution is 7.04. The molecule has 0 amide bonds.